The molecule has 84 valence electrons. The van der Waals surface area contributed by atoms with Gasteiger partial charge in [0.15, 0.2) is 0 Å². The molecule has 0 aliphatic rings. The van der Waals surface area contributed by atoms with Gasteiger partial charge in [-0.25, -0.2) is 0 Å². The van der Waals surface area contributed by atoms with Gasteiger partial charge in [-0.2, -0.15) is 0 Å². The molecule has 0 aliphatic heterocycles. The fourth-order valence-corrected chi connectivity index (χ4v) is 2.41. The Morgan fingerprint density at radius 2 is 2.18 bits per heavy atom. The molecular weight excluding hydrogens is 258 g/mol. The number of azide groups is 1. The average Bonchev–Trinajstić information content (AvgIpc) is 2.78. The SMILES string of the molecule is [N-]=[N+]=NC(=O)c1ccc(-c2cccc(Cl)c2)s1. The summed E-state index contributed by atoms with van der Waals surface area (Å²) in [4.78, 5) is 15.1. The third kappa shape index (κ3) is 2.65. The lowest BCUT2D eigenvalue weighted by atomic mass is 10.2. The van der Waals surface area contributed by atoms with Crippen molar-refractivity contribution in [2.75, 3.05) is 0 Å². The van der Waals surface area contributed by atoms with E-state index in [0.29, 0.717) is 9.90 Å². The van der Waals surface area contributed by atoms with Crippen LogP contribution in [0.25, 0.3) is 20.9 Å². The zero-order chi connectivity index (χ0) is 12.3. The Bertz CT molecular complexity index is 617. The topological polar surface area (TPSA) is 65.8 Å². The van der Waals surface area contributed by atoms with Crippen molar-refractivity contribution in [3.8, 4) is 10.4 Å². The molecule has 0 saturated carbocycles. The molecule has 0 aliphatic carbocycles. The second-order valence-corrected chi connectivity index (χ2v) is 4.69. The summed E-state index contributed by atoms with van der Waals surface area (Å²) in [5.74, 6) is -0.564. The van der Waals surface area contributed by atoms with Crippen LogP contribution in [0, 0.1) is 0 Å². The maximum absolute atomic E-state index is 11.3. The van der Waals surface area contributed by atoms with Gasteiger partial charge in [0.05, 0.1) is 4.88 Å². The first kappa shape index (κ1) is 11.7. The molecule has 2 rings (SSSR count). The molecule has 2 aromatic rings. The summed E-state index contributed by atoms with van der Waals surface area (Å²) in [6.45, 7) is 0. The third-order valence-electron chi connectivity index (χ3n) is 2.06. The van der Waals surface area contributed by atoms with Crippen LogP contribution >= 0.6 is 22.9 Å². The van der Waals surface area contributed by atoms with Crippen LogP contribution in [0.5, 0.6) is 0 Å². The number of rotatable bonds is 2. The summed E-state index contributed by atoms with van der Waals surface area (Å²) in [5.41, 5.74) is 9.12. The lowest BCUT2D eigenvalue weighted by molar-refractivity contribution is 0.100. The first-order valence-corrected chi connectivity index (χ1v) is 5.85. The minimum atomic E-state index is -0.564. The summed E-state index contributed by atoms with van der Waals surface area (Å²) >= 11 is 7.15. The standard InChI is InChI=1S/C11H6ClN3OS/c12-8-3-1-2-7(6-8)9-4-5-10(17-9)11(16)14-15-13/h1-6H. The Labute approximate surface area is 106 Å². The second kappa shape index (κ2) is 5.01. The largest absolute Gasteiger partial charge is 0.286 e. The van der Waals surface area contributed by atoms with Crippen molar-refractivity contribution >= 4 is 28.8 Å². The van der Waals surface area contributed by atoms with E-state index in [1.54, 1.807) is 18.2 Å². The number of amides is 1. The number of hydrogen-bond acceptors (Lipinski definition) is 2. The monoisotopic (exact) mass is 263 g/mol. The Morgan fingerprint density at radius 1 is 1.35 bits per heavy atom. The summed E-state index contributed by atoms with van der Waals surface area (Å²) in [6.07, 6.45) is 0. The predicted molar refractivity (Wildman–Crippen MR) is 68.2 cm³/mol. The van der Waals surface area contributed by atoms with Crippen LogP contribution in [0.15, 0.2) is 41.5 Å². The van der Waals surface area contributed by atoms with Crippen molar-refractivity contribution in [2.45, 2.75) is 0 Å². The highest BCUT2D eigenvalue weighted by Gasteiger charge is 2.08. The number of nitrogens with zero attached hydrogens (tertiary/aromatic N) is 3. The van der Waals surface area contributed by atoms with Crippen LogP contribution in [0.1, 0.15) is 9.67 Å². The molecule has 0 radical (unpaired) electrons. The van der Waals surface area contributed by atoms with E-state index in [0.717, 1.165) is 10.4 Å². The molecule has 0 bridgehead atoms. The minimum Gasteiger partial charge on any atom is -0.286 e. The first-order valence-electron chi connectivity index (χ1n) is 4.66. The molecule has 1 aromatic carbocycles. The normalized spacial score (nSPS) is 9.71. The summed E-state index contributed by atoms with van der Waals surface area (Å²) in [5, 5.41) is 3.68. The second-order valence-electron chi connectivity index (χ2n) is 3.17. The van der Waals surface area contributed by atoms with Crippen molar-refractivity contribution in [1.82, 2.24) is 0 Å². The van der Waals surface area contributed by atoms with Crippen molar-refractivity contribution < 1.29 is 4.79 Å². The molecule has 4 nitrogen and oxygen atoms in total. The van der Waals surface area contributed by atoms with Crippen molar-refractivity contribution in [2.24, 2.45) is 5.11 Å². The molecule has 0 atom stereocenters. The van der Waals surface area contributed by atoms with Crippen LogP contribution in [-0.4, -0.2) is 5.91 Å². The number of benzene rings is 1. The molecule has 17 heavy (non-hydrogen) atoms. The van der Waals surface area contributed by atoms with E-state index in [9.17, 15) is 4.79 Å². The van der Waals surface area contributed by atoms with Gasteiger partial charge in [0.2, 0.25) is 0 Å². The number of hydrogen-bond donors (Lipinski definition) is 0. The summed E-state index contributed by atoms with van der Waals surface area (Å²) in [7, 11) is 0. The first-order chi connectivity index (χ1) is 8.20. The lowest BCUT2D eigenvalue weighted by Crippen LogP contribution is -1.86. The highest BCUT2D eigenvalue weighted by molar-refractivity contribution is 7.17. The molecule has 1 aromatic heterocycles. The van der Waals surface area contributed by atoms with Crippen LogP contribution in [0.4, 0.5) is 0 Å². The third-order valence-corrected chi connectivity index (χ3v) is 3.42. The van der Waals surface area contributed by atoms with Gasteiger partial charge in [0, 0.05) is 14.8 Å². The minimum absolute atomic E-state index is 0.415. The van der Waals surface area contributed by atoms with Crippen molar-refractivity contribution in [3.05, 3.63) is 56.7 Å². The zero-order valence-corrected chi connectivity index (χ0v) is 10.1. The number of thiophene rings is 1. The highest BCUT2D eigenvalue weighted by Crippen LogP contribution is 2.30. The predicted octanol–water partition coefficient (Wildman–Crippen LogP) is 4.52. The van der Waals surface area contributed by atoms with Gasteiger partial charge in [-0.1, -0.05) is 23.7 Å². The van der Waals surface area contributed by atoms with Crippen molar-refractivity contribution in [3.63, 3.8) is 0 Å². The molecule has 0 fully saturated rings. The fraction of sp³-hybridized carbons (Fsp3) is 0. The Kier molecular flexibility index (Phi) is 3.44. The maximum atomic E-state index is 11.3. The quantitative estimate of drug-likeness (QED) is 0.446. The molecule has 6 heteroatoms. The molecule has 0 unspecified atom stereocenters. The fourth-order valence-electron chi connectivity index (χ4n) is 1.34. The van der Waals surface area contributed by atoms with E-state index in [4.69, 9.17) is 17.1 Å². The molecule has 0 spiro atoms. The van der Waals surface area contributed by atoms with E-state index in [-0.39, 0.29) is 0 Å². The van der Waals surface area contributed by atoms with E-state index in [2.05, 4.69) is 10.0 Å². The van der Waals surface area contributed by atoms with Gasteiger partial charge in [0.1, 0.15) is 0 Å². The van der Waals surface area contributed by atoms with Gasteiger partial charge in [-0.15, -0.1) is 11.3 Å². The van der Waals surface area contributed by atoms with E-state index in [1.807, 2.05) is 18.2 Å². The average molecular weight is 264 g/mol. The van der Waals surface area contributed by atoms with Gasteiger partial charge in [0.25, 0.3) is 5.91 Å². The maximum Gasteiger partial charge on any atom is 0.259 e. The van der Waals surface area contributed by atoms with E-state index in [1.165, 1.54) is 11.3 Å². The van der Waals surface area contributed by atoms with Crippen molar-refractivity contribution in [1.29, 1.82) is 0 Å². The summed E-state index contributed by atoms with van der Waals surface area (Å²) < 4.78 is 0. The summed E-state index contributed by atoms with van der Waals surface area (Å²) in [6, 6.07) is 10.8. The Balaban J connectivity index is 2.36. The van der Waals surface area contributed by atoms with Gasteiger partial charge in [-0.05, 0) is 40.5 Å². The molecule has 1 heterocycles. The highest BCUT2D eigenvalue weighted by atomic mass is 35.5. The van der Waals surface area contributed by atoms with Gasteiger partial charge >= 0.3 is 0 Å². The molecule has 0 N–H and O–H groups in total. The Morgan fingerprint density at radius 3 is 2.88 bits per heavy atom. The zero-order valence-electron chi connectivity index (χ0n) is 8.50. The molecule has 0 saturated heterocycles. The van der Waals surface area contributed by atoms with Gasteiger partial charge in [-0.3, -0.25) is 4.79 Å². The van der Waals surface area contributed by atoms with Crippen LogP contribution in [0.2, 0.25) is 5.02 Å². The lowest BCUT2D eigenvalue weighted by Gasteiger charge is -1.96. The van der Waals surface area contributed by atoms with Crippen LogP contribution < -0.4 is 0 Å². The van der Waals surface area contributed by atoms with E-state index >= 15 is 0 Å². The number of halogens is 1. The molecular formula is C11H6ClN3OS. The van der Waals surface area contributed by atoms with Gasteiger partial charge < -0.3 is 0 Å². The van der Waals surface area contributed by atoms with E-state index < -0.39 is 5.91 Å². The number of carbonyl (C=O) groups excluding carboxylic acids is 1. The molecule has 1 amide bonds. The smallest absolute Gasteiger partial charge is 0.259 e. The van der Waals surface area contributed by atoms with Crippen LogP contribution in [0.3, 0.4) is 0 Å². The number of carbonyl (C=O) groups is 1. The Hall–Kier alpha value is -1.81. The van der Waals surface area contributed by atoms with Crippen LogP contribution in [-0.2, 0) is 0 Å².